The van der Waals surface area contributed by atoms with Crippen LogP contribution < -0.4 is 20.1 Å². The number of hydrogen-bond donors (Lipinski definition) is 2. The molecule has 0 heterocycles. The van der Waals surface area contributed by atoms with Crippen LogP contribution in [0.4, 0.5) is 0 Å². The summed E-state index contributed by atoms with van der Waals surface area (Å²) in [5.74, 6) is 0.818. The Morgan fingerprint density at radius 2 is 1.79 bits per heavy atom. The summed E-state index contributed by atoms with van der Waals surface area (Å²) >= 11 is 0. The monoisotopic (exact) mass is 386 g/mol. The number of carbonyl (C=O) groups is 2. The van der Waals surface area contributed by atoms with Gasteiger partial charge in [-0.15, -0.1) is 0 Å². The van der Waals surface area contributed by atoms with Crippen molar-refractivity contribution in [3.63, 3.8) is 0 Å². The van der Waals surface area contributed by atoms with E-state index in [1.165, 1.54) is 18.4 Å². The van der Waals surface area contributed by atoms with Gasteiger partial charge in [-0.2, -0.15) is 0 Å². The molecule has 0 aromatic heterocycles. The van der Waals surface area contributed by atoms with Gasteiger partial charge in [-0.1, -0.05) is 17.7 Å². The number of benzene rings is 1. The highest BCUT2D eigenvalue weighted by atomic mass is 16.5. The Morgan fingerprint density at radius 3 is 2.46 bits per heavy atom. The van der Waals surface area contributed by atoms with E-state index in [1.54, 1.807) is 14.2 Å². The van der Waals surface area contributed by atoms with E-state index in [4.69, 9.17) is 9.47 Å². The lowest BCUT2D eigenvalue weighted by molar-refractivity contribution is -0.127. The molecule has 0 aliphatic heterocycles. The van der Waals surface area contributed by atoms with Gasteiger partial charge < -0.3 is 20.1 Å². The van der Waals surface area contributed by atoms with Crippen molar-refractivity contribution in [2.75, 3.05) is 20.8 Å². The number of methoxy groups -OCH3 is 2. The van der Waals surface area contributed by atoms with Crippen LogP contribution in [-0.4, -0.2) is 32.6 Å². The topological polar surface area (TPSA) is 76.7 Å². The van der Waals surface area contributed by atoms with Crippen molar-refractivity contribution in [2.45, 2.75) is 45.1 Å². The van der Waals surface area contributed by atoms with Gasteiger partial charge in [-0.25, -0.2) is 0 Å². The summed E-state index contributed by atoms with van der Waals surface area (Å²) in [5.41, 5.74) is 2.37. The molecule has 0 bridgehead atoms. The summed E-state index contributed by atoms with van der Waals surface area (Å²) in [7, 11) is 3.17. The van der Waals surface area contributed by atoms with E-state index in [2.05, 4.69) is 16.7 Å². The summed E-state index contributed by atoms with van der Waals surface area (Å²) in [5, 5.41) is 5.91. The SMILES string of the molecule is COc1ccc(CNC(=O)C2CC2C(=O)NCCC2=CCCCC2)cc1OC. The molecule has 1 saturated carbocycles. The second-order valence-corrected chi connectivity index (χ2v) is 7.51. The van der Waals surface area contributed by atoms with Crippen molar-refractivity contribution >= 4 is 11.8 Å². The van der Waals surface area contributed by atoms with Crippen LogP contribution in [0, 0.1) is 11.8 Å². The van der Waals surface area contributed by atoms with Crippen LogP contribution in [0.2, 0.25) is 0 Å². The van der Waals surface area contributed by atoms with Gasteiger partial charge in [0.05, 0.1) is 26.1 Å². The second-order valence-electron chi connectivity index (χ2n) is 7.51. The molecule has 2 N–H and O–H groups in total. The maximum atomic E-state index is 12.3. The maximum absolute atomic E-state index is 12.3. The second kappa shape index (κ2) is 9.62. The van der Waals surface area contributed by atoms with E-state index in [0.717, 1.165) is 24.8 Å². The fraction of sp³-hybridized carbons (Fsp3) is 0.545. The molecule has 2 aliphatic carbocycles. The van der Waals surface area contributed by atoms with Crippen LogP contribution in [0.25, 0.3) is 0 Å². The largest absolute Gasteiger partial charge is 0.493 e. The van der Waals surface area contributed by atoms with Gasteiger partial charge >= 0.3 is 0 Å². The Morgan fingerprint density at radius 1 is 1.04 bits per heavy atom. The minimum atomic E-state index is -0.214. The first-order valence-electron chi connectivity index (χ1n) is 10.1. The zero-order valence-electron chi connectivity index (χ0n) is 16.8. The van der Waals surface area contributed by atoms with Crippen LogP contribution in [0.1, 0.15) is 44.1 Å². The molecule has 6 heteroatoms. The summed E-state index contributed by atoms with van der Waals surface area (Å²) in [4.78, 5) is 24.6. The lowest BCUT2D eigenvalue weighted by Crippen LogP contribution is -2.30. The molecule has 1 aromatic rings. The number of carbonyl (C=O) groups excluding carboxylic acids is 2. The van der Waals surface area contributed by atoms with Crippen molar-refractivity contribution < 1.29 is 19.1 Å². The Kier molecular flexibility index (Phi) is 6.95. The molecule has 6 nitrogen and oxygen atoms in total. The molecule has 2 aliphatic rings. The standard InChI is InChI=1S/C22H30N2O4/c1-27-19-9-8-16(12-20(19)28-2)14-24-22(26)18-13-17(18)21(25)23-11-10-15-6-4-3-5-7-15/h6,8-9,12,17-18H,3-5,7,10-11,13-14H2,1-2H3,(H,23,25)(H,24,26). The molecular formula is C22H30N2O4. The molecule has 2 unspecified atom stereocenters. The highest BCUT2D eigenvalue weighted by Crippen LogP contribution is 2.39. The zero-order valence-corrected chi connectivity index (χ0v) is 16.8. The first-order valence-corrected chi connectivity index (χ1v) is 10.1. The number of nitrogens with one attached hydrogen (secondary N) is 2. The van der Waals surface area contributed by atoms with E-state index in [0.29, 0.717) is 31.0 Å². The number of ether oxygens (including phenoxy) is 2. The fourth-order valence-electron chi connectivity index (χ4n) is 3.69. The van der Waals surface area contributed by atoms with E-state index in [1.807, 2.05) is 18.2 Å². The van der Waals surface area contributed by atoms with Crippen molar-refractivity contribution in [3.8, 4) is 11.5 Å². The minimum Gasteiger partial charge on any atom is -0.493 e. The van der Waals surface area contributed by atoms with Crippen molar-refractivity contribution in [1.82, 2.24) is 10.6 Å². The molecular weight excluding hydrogens is 356 g/mol. The van der Waals surface area contributed by atoms with Gasteiger partial charge in [-0.05, 0) is 56.2 Å². The van der Waals surface area contributed by atoms with Gasteiger partial charge in [0.1, 0.15) is 0 Å². The molecule has 1 fully saturated rings. The van der Waals surface area contributed by atoms with E-state index < -0.39 is 0 Å². The average molecular weight is 386 g/mol. The maximum Gasteiger partial charge on any atom is 0.224 e. The van der Waals surface area contributed by atoms with Crippen LogP contribution in [0.3, 0.4) is 0 Å². The van der Waals surface area contributed by atoms with Crippen molar-refractivity contribution in [3.05, 3.63) is 35.4 Å². The molecule has 3 rings (SSSR count). The summed E-state index contributed by atoms with van der Waals surface area (Å²) in [6.07, 6.45) is 8.70. The Labute approximate surface area is 166 Å². The normalized spacial score (nSPS) is 20.7. The molecule has 0 saturated heterocycles. The molecule has 0 spiro atoms. The Bertz CT molecular complexity index is 744. The summed E-state index contributed by atoms with van der Waals surface area (Å²) in [6.45, 7) is 1.07. The van der Waals surface area contributed by atoms with Crippen LogP contribution >= 0.6 is 0 Å². The highest BCUT2D eigenvalue weighted by Gasteiger charge is 2.47. The number of amides is 2. The number of rotatable bonds is 9. The minimum absolute atomic E-state index is 0.00248. The van der Waals surface area contributed by atoms with E-state index >= 15 is 0 Å². The van der Waals surface area contributed by atoms with Gasteiger partial charge in [0.25, 0.3) is 0 Å². The Balaban J connectivity index is 1.39. The lowest BCUT2D eigenvalue weighted by atomic mass is 9.97. The average Bonchev–Trinajstić information content (AvgIpc) is 3.53. The Hall–Kier alpha value is -2.50. The first kappa shape index (κ1) is 20.2. The smallest absolute Gasteiger partial charge is 0.224 e. The summed E-state index contributed by atoms with van der Waals surface area (Å²) in [6, 6.07) is 5.55. The molecule has 2 atom stereocenters. The molecule has 28 heavy (non-hydrogen) atoms. The van der Waals surface area contributed by atoms with E-state index in [9.17, 15) is 9.59 Å². The van der Waals surface area contributed by atoms with Gasteiger partial charge in [0.2, 0.25) is 11.8 Å². The predicted octanol–water partition coefficient (Wildman–Crippen LogP) is 2.96. The van der Waals surface area contributed by atoms with Crippen LogP contribution in [-0.2, 0) is 16.1 Å². The number of allylic oxidation sites excluding steroid dienone is 1. The third-order valence-corrected chi connectivity index (χ3v) is 5.51. The van der Waals surface area contributed by atoms with Crippen LogP contribution in [0.5, 0.6) is 11.5 Å². The molecule has 152 valence electrons. The number of hydrogen-bond acceptors (Lipinski definition) is 4. The fourth-order valence-corrected chi connectivity index (χ4v) is 3.69. The quantitative estimate of drug-likeness (QED) is 0.640. The van der Waals surface area contributed by atoms with E-state index in [-0.39, 0.29) is 23.7 Å². The van der Waals surface area contributed by atoms with Crippen molar-refractivity contribution in [2.24, 2.45) is 11.8 Å². The van der Waals surface area contributed by atoms with Gasteiger partial charge in [0, 0.05) is 13.1 Å². The third-order valence-electron chi connectivity index (χ3n) is 5.51. The summed E-state index contributed by atoms with van der Waals surface area (Å²) < 4.78 is 10.5. The first-order chi connectivity index (χ1) is 13.6. The van der Waals surface area contributed by atoms with Crippen LogP contribution in [0.15, 0.2) is 29.8 Å². The van der Waals surface area contributed by atoms with Crippen molar-refractivity contribution in [1.29, 1.82) is 0 Å². The third kappa shape index (κ3) is 5.27. The van der Waals surface area contributed by atoms with Gasteiger partial charge in [-0.3, -0.25) is 9.59 Å². The molecule has 1 aromatic carbocycles. The lowest BCUT2D eigenvalue weighted by Gasteiger charge is -2.13. The van der Waals surface area contributed by atoms with Gasteiger partial charge in [0.15, 0.2) is 11.5 Å². The zero-order chi connectivity index (χ0) is 19.9. The molecule has 2 amide bonds. The molecule has 0 radical (unpaired) electrons. The highest BCUT2D eigenvalue weighted by molar-refractivity contribution is 5.92. The predicted molar refractivity (Wildman–Crippen MR) is 107 cm³/mol.